The Labute approximate surface area is 195 Å². The quantitative estimate of drug-likeness (QED) is 0.403. The molecule has 1 amide bonds. The number of benzene rings is 2. The second-order valence-corrected chi connectivity index (χ2v) is 7.73. The molecule has 1 N–H and O–H groups in total. The first-order valence-corrected chi connectivity index (χ1v) is 10.7. The lowest BCUT2D eigenvalue weighted by atomic mass is 10.1. The van der Waals surface area contributed by atoms with Crippen LogP contribution in [-0.4, -0.2) is 30.5 Å². The van der Waals surface area contributed by atoms with Gasteiger partial charge in [0, 0.05) is 42.5 Å². The Kier molecular flexibility index (Phi) is 5.70. The molecule has 8 heteroatoms. The molecule has 3 aromatic heterocycles. The topological polar surface area (TPSA) is 77.6 Å². The molecule has 0 atom stereocenters. The Balaban J connectivity index is 1.39. The van der Waals surface area contributed by atoms with Crippen LogP contribution in [0.1, 0.15) is 15.9 Å². The Morgan fingerprint density at radius 1 is 0.909 bits per heavy atom. The summed E-state index contributed by atoms with van der Waals surface area (Å²) >= 11 is 6.24. The van der Waals surface area contributed by atoms with Crippen molar-refractivity contribution >= 4 is 17.5 Å². The van der Waals surface area contributed by atoms with Crippen molar-refractivity contribution < 1.29 is 4.79 Å². The van der Waals surface area contributed by atoms with Gasteiger partial charge in [-0.25, -0.2) is 9.36 Å². The van der Waals surface area contributed by atoms with Crippen molar-refractivity contribution in [3.8, 4) is 22.6 Å². The van der Waals surface area contributed by atoms with Crippen molar-refractivity contribution in [2.75, 3.05) is 0 Å². The zero-order chi connectivity index (χ0) is 22.6. The van der Waals surface area contributed by atoms with E-state index in [9.17, 15) is 4.79 Å². The molecule has 0 saturated heterocycles. The number of rotatable bonds is 6. The molecule has 0 fully saturated rings. The first kappa shape index (κ1) is 20.7. The molecule has 33 heavy (non-hydrogen) atoms. The lowest BCUT2D eigenvalue weighted by Crippen LogP contribution is -2.22. The van der Waals surface area contributed by atoms with Gasteiger partial charge >= 0.3 is 0 Å². The largest absolute Gasteiger partial charge is 0.348 e. The predicted octanol–water partition coefficient (Wildman–Crippen LogP) is 4.70. The first-order valence-electron chi connectivity index (χ1n) is 10.3. The highest BCUT2D eigenvalue weighted by atomic mass is 35.5. The van der Waals surface area contributed by atoms with Gasteiger partial charge in [0.05, 0.1) is 33.9 Å². The molecule has 0 radical (unpaired) electrons. The van der Waals surface area contributed by atoms with Crippen LogP contribution in [-0.2, 0) is 6.54 Å². The van der Waals surface area contributed by atoms with E-state index in [0.717, 1.165) is 22.5 Å². The number of amides is 1. The van der Waals surface area contributed by atoms with Gasteiger partial charge in [0.25, 0.3) is 5.91 Å². The molecule has 3 heterocycles. The third-order valence-electron chi connectivity index (χ3n) is 5.15. The van der Waals surface area contributed by atoms with Crippen LogP contribution < -0.4 is 5.32 Å². The fourth-order valence-corrected chi connectivity index (χ4v) is 3.71. The number of carbonyl (C=O) groups is 1. The minimum Gasteiger partial charge on any atom is -0.348 e. The molecule has 0 unspecified atom stereocenters. The summed E-state index contributed by atoms with van der Waals surface area (Å²) in [6.07, 6.45) is 8.56. The molecule has 0 aliphatic carbocycles. The van der Waals surface area contributed by atoms with Gasteiger partial charge in [-0.3, -0.25) is 9.78 Å². The molecular weight excluding hydrogens is 436 g/mol. The van der Waals surface area contributed by atoms with Crippen molar-refractivity contribution in [2.24, 2.45) is 0 Å². The van der Waals surface area contributed by atoms with Crippen LogP contribution >= 0.6 is 11.6 Å². The molecule has 5 aromatic rings. The van der Waals surface area contributed by atoms with Crippen molar-refractivity contribution in [3.05, 3.63) is 114 Å². The van der Waals surface area contributed by atoms with Crippen molar-refractivity contribution in [1.82, 2.24) is 29.9 Å². The number of halogens is 1. The number of nitrogens with zero attached hydrogens (tertiary/aromatic N) is 5. The molecule has 162 valence electrons. The Bertz CT molecular complexity index is 1390. The highest BCUT2D eigenvalue weighted by Crippen LogP contribution is 2.23. The summed E-state index contributed by atoms with van der Waals surface area (Å²) in [5.74, 6) is -0.235. The van der Waals surface area contributed by atoms with Gasteiger partial charge in [-0.15, -0.1) is 0 Å². The van der Waals surface area contributed by atoms with E-state index in [1.165, 1.54) is 6.20 Å². The summed E-state index contributed by atoms with van der Waals surface area (Å²) in [4.78, 5) is 16.9. The Morgan fingerprint density at radius 2 is 1.67 bits per heavy atom. The third kappa shape index (κ3) is 4.40. The zero-order valence-corrected chi connectivity index (χ0v) is 18.2. The van der Waals surface area contributed by atoms with E-state index in [-0.39, 0.29) is 5.91 Å². The smallest absolute Gasteiger partial charge is 0.254 e. The van der Waals surface area contributed by atoms with Crippen molar-refractivity contribution in [3.63, 3.8) is 0 Å². The van der Waals surface area contributed by atoms with E-state index in [4.69, 9.17) is 16.7 Å². The molecule has 0 aliphatic heterocycles. The number of aromatic nitrogens is 5. The number of para-hydroxylation sites is 2. The summed E-state index contributed by atoms with van der Waals surface area (Å²) < 4.78 is 3.40. The lowest BCUT2D eigenvalue weighted by Gasteiger charge is -2.05. The van der Waals surface area contributed by atoms with Gasteiger partial charge in [0.1, 0.15) is 0 Å². The molecule has 0 bridgehead atoms. The van der Waals surface area contributed by atoms with Gasteiger partial charge in [-0.1, -0.05) is 41.9 Å². The molecule has 2 aromatic carbocycles. The number of hydrogen-bond donors (Lipinski definition) is 1. The van der Waals surface area contributed by atoms with Crippen LogP contribution in [0.2, 0.25) is 5.02 Å². The summed E-state index contributed by atoms with van der Waals surface area (Å²) in [5.41, 5.74) is 4.69. The van der Waals surface area contributed by atoms with Crippen LogP contribution in [0.3, 0.4) is 0 Å². The normalized spacial score (nSPS) is 10.8. The van der Waals surface area contributed by atoms with E-state index < -0.39 is 0 Å². The number of nitrogens with one attached hydrogen (secondary N) is 1. The van der Waals surface area contributed by atoms with Crippen LogP contribution in [0.25, 0.3) is 22.6 Å². The van der Waals surface area contributed by atoms with Crippen LogP contribution in [0.4, 0.5) is 0 Å². The van der Waals surface area contributed by atoms with Gasteiger partial charge in [-0.05, 0) is 36.4 Å². The maximum Gasteiger partial charge on any atom is 0.254 e. The van der Waals surface area contributed by atoms with Crippen LogP contribution in [0.15, 0.2) is 97.7 Å². The molecule has 5 rings (SSSR count). The van der Waals surface area contributed by atoms with Crippen molar-refractivity contribution in [2.45, 2.75) is 6.54 Å². The maximum absolute atomic E-state index is 12.8. The van der Waals surface area contributed by atoms with Gasteiger partial charge in [0.15, 0.2) is 0 Å². The lowest BCUT2D eigenvalue weighted by molar-refractivity contribution is 0.0951. The highest BCUT2D eigenvalue weighted by Gasteiger charge is 2.15. The standard InChI is InChI=1S/C25H19ClN6O/c26-22-8-4-5-9-23(22)32-17-20(15-29-32)25(33)28-14-19-16-31(21-6-2-1-3-7-21)30-24(19)18-10-12-27-13-11-18/h1-13,15-17H,14H2,(H,28,33). The predicted molar refractivity (Wildman–Crippen MR) is 127 cm³/mol. The highest BCUT2D eigenvalue weighted by molar-refractivity contribution is 6.32. The number of hydrogen-bond acceptors (Lipinski definition) is 4. The van der Waals surface area contributed by atoms with Crippen LogP contribution in [0.5, 0.6) is 0 Å². The van der Waals surface area contributed by atoms with E-state index in [0.29, 0.717) is 22.8 Å². The van der Waals surface area contributed by atoms with Crippen molar-refractivity contribution in [1.29, 1.82) is 0 Å². The van der Waals surface area contributed by atoms with E-state index in [1.807, 2.05) is 71.5 Å². The monoisotopic (exact) mass is 454 g/mol. The summed E-state index contributed by atoms with van der Waals surface area (Å²) in [5, 5.41) is 12.6. The SMILES string of the molecule is O=C(NCc1cn(-c2ccccc2)nc1-c1ccncc1)c1cnn(-c2ccccc2Cl)c1. The van der Waals surface area contributed by atoms with Gasteiger partial charge in [0.2, 0.25) is 0 Å². The fourth-order valence-electron chi connectivity index (χ4n) is 3.49. The second kappa shape index (κ2) is 9.10. The maximum atomic E-state index is 12.8. The first-order chi connectivity index (χ1) is 16.2. The van der Waals surface area contributed by atoms with E-state index >= 15 is 0 Å². The second-order valence-electron chi connectivity index (χ2n) is 7.33. The molecular formula is C25H19ClN6O. The van der Waals surface area contributed by atoms with Gasteiger partial charge in [-0.2, -0.15) is 10.2 Å². The molecule has 0 spiro atoms. The van der Waals surface area contributed by atoms with Gasteiger partial charge < -0.3 is 5.32 Å². The summed E-state index contributed by atoms with van der Waals surface area (Å²) in [7, 11) is 0. The minimum absolute atomic E-state index is 0.235. The van der Waals surface area contributed by atoms with Crippen LogP contribution in [0, 0.1) is 0 Å². The summed E-state index contributed by atoms with van der Waals surface area (Å²) in [6.45, 7) is 0.306. The van der Waals surface area contributed by atoms with E-state index in [1.54, 1.807) is 29.3 Å². The average molecular weight is 455 g/mol. The fraction of sp³-hybridized carbons (Fsp3) is 0.0400. The molecule has 0 aliphatic rings. The average Bonchev–Trinajstić information content (AvgIpc) is 3.52. The number of pyridine rings is 1. The summed E-state index contributed by atoms with van der Waals surface area (Å²) in [6, 6.07) is 21.0. The molecule has 7 nitrogen and oxygen atoms in total. The Hall–Kier alpha value is -4.23. The molecule has 0 saturated carbocycles. The minimum atomic E-state index is -0.235. The third-order valence-corrected chi connectivity index (χ3v) is 5.47. The Morgan fingerprint density at radius 3 is 2.45 bits per heavy atom. The zero-order valence-electron chi connectivity index (χ0n) is 17.5. The number of carbonyl (C=O) groups excluding carboxylic acids is 1. The van der Waals surface area contributed by atoms with E-state index in [2.05, 4.69) is 15.4 Å².